The molecule has 0 radical (unpaired) electrons. The number of tetrazole rings is 1. The van der Waals surface area contributed by atoms with Crippen LogP contribution in [0.3, 0.4) is 0 Å². The molecule has 3 aromatic rings. The van der Waals surface area contributed by atoms with E-state index in [4.69, 9.17) is 10.2 Å². The Morgan fingerprint density at radius 2 is 1.96 bits per heavy atom. The summed E-state index contributed by atoms with van der Waals surface area (Å²) in [7, 11) is 0. The number of nitrogens with zero attached hydrogens (tertiary/aromatic N) is 4. The first kappa shape index (κ1) is 18.5. The molecule has 0 saturated carbocycles. The highest BCUT2D eigenvalue weighted by atomic mass is 32.1. The summed E-state index contributed by atoms with van der Waals surface area (Å²) in [6.45, 7) is 0.131. The molecule has 8 nitrogen and oxygen atoms in total. The van der Waals surface area contributed by atoms with Gasteiger partial charge in [0.25, 0.3) is 0 Å². The maximum atomic E-state index is 10.8. The molecule has 2 heterocycles. The van der Waals surface area contributed by atoms with Crippen molar-refractivity contribution in [1.82, 2.24) is 20.2 Å². The van der Waals surface area contributed by atoms with Gasteiger partial charge in [0.15, 0.2) is 0 Å². The number of hydrogen-bond donors (Lipinski definition) is 2. The third kappa shape index (κ3) is 5.08. The number of carboxylic acids is 2. The van der Waals surface area contributed by atoms with Gasteiger partial charge in [-0.3, -0.25) is 4.79 Å². The van der Waals surface area contributed by atoms with Crippen LogP contribution in [-0.4, -0.2) is 42.4 Å². The number of hydrogen-bond acceptors (Lipinski definition) is 6. The van der Waals surface area contributed by atoms with E-state index in [1.165, 1.54) is 22.2 Å². The average Bonchev–Trinajstić information content (AvgIpc) is 3.26. The van der Waals surface area contributed by atoms with Crippen LogP contribution in [-0.2, 0) is 22.6 Å². The highest BCUT2D eigenvalue weighted by molar-refractivity contribution is 7.13. The average molecular weight is 384 g/mol. The summed E-state index contributed by atoms with van der Waals surface area (Å²) in [5, 5.41) is 29.8. The lowest BCUT2D eigenvalue weighted by atomic mass is 10.1. The quantitative estimate of drug-likeness (QED) is 0.573. The van der Waals surface area contributed by atoms with Gasteiger partial charge < -0.3 is 10.2 Å². The summed E-state index contributed by atoms with van der Waals surface area (Å²) >= 11 is 1.46. The van der Waals surface area contributed by atoms with Gasteiger partial charge in [-0.1, -0.05) is 30.3 Å². The van der Waals surface area contributed by atoms with Crippen molar-refractivity contribution < 1.29 is 19.8 Å². The van der Waals surface area contributed by atoms with Gasteiger partial charge in [0, 0.05) is 27.8 Å². The van der Waals surface area contributed by atoms with E-state index in [1.807, 2.05) is 36.4 Å². The monoisotopic (exact) mass is 384 g/mol. The Morgan fingerprint density at radius 1 is 1.19 bits per heavy atom. The maximum Gasteiger partial charge on any atom is 0.328 e. The maximum absolute atomic E-state index is 10.8. The summed E-state index contributed by atoms with van der Waals surface area (Å²) in [6, 6.07) is 11.7. The zero-order valence-electron chi connectivity index (χ0n) is 14.1. The Balaban J connectivity index is 1.92. The van der Waals surface area contributed by atoms with Crippen molar-refractivity contribution in [2.24, 2.45) is 0 Å². The summed E-state index contributed by atoms with van der Waals surface area (Å²) in [6.07, 6.45) is 3.16. The van der Waals surface area contributed by atoms with E-state index < -0.39 is 11.9 Å². The van der Waals surface area contributed by atoms with Crippen LogP contribution in [0.4, 0.5) is 0 Å². The minimum absolute atomic E-state index is 0.0943. The fourth-order valence-corrected chi connectivity index (χ4v) is 3.52. The molecule has 2 aromatic heterocycles. The zero-order valence-corrected chi connectivity index (χ0v) is 15.0. The van der Waals surface area contributed by atoms with Gasteiger partial charge in [-0.25, -0.2) is 4.79 Å². The van der Waals surface area contributed by atoms with Gasteiger partial charge >= 0.3 is 11.9 Å². The van der Waals surface area contributed by atoms with Crippen molar-refractivity contribution in [2.75, 3.05) is 0 Å². The number of aryl methyl sites for hydroxylation is 1. The Labute approximate surface area is 158 Å². The number of rotatable bonds is 8. The topological polar surface area (TPSA) is 118 Å². The Morgan fingerprint density at radius 3 is 2.67 bits per heavy atom. The molecule has 1 aromatic carbocycles. The van der Waals surface area contributed by atoms with Crippen LogP contribution >= 0.6 is 11.3 Å². The number of benzene rings is 1. The minimum atomic E-state index is -1.02. The molecule has 9 heteroatoms. The highest BCUT2D eigenvalue weighted by Gasteiger charge is 2.16. The summed E-state index contributed by atoms with van der Waals surface area (Å²) in [5.74, 6) is -1.57. The number of carbonyl (C=O) groups is 2. The lowest BCUT2D eigenvalue weighted by Crippen LogP contribution is -2.07. The molecule has 138 valence electrons. The molecule has 0 amide bonds. The highest BCUT2D eigenvalue weighted by Crippen LogP contribution is 2.32. The molecule has 0 bridgehead atoms. The van der Waals surface area contributed by atoms with E-state index in [9.17, 15) is 9.59 Å². The first-order valence-electron chi connectivity index (χ1n) is 8.09. The third-order valence-electron chi connectivity index (χ3n) is 3.65. The van der Waals surface area contributed by atoms with Crippen molar-refractivity contribution in [1.29, 1.82) is 0 Å². The molecule has 0 saturated heterocycles. The third-order valence-corrected chi connectivity index (χ3v) is 4.75. The standard InChI is InChI=1S/C18H16N4O4S/c23-16(24)7-6-13-11-14(15(27-13)10-12-4-2-1-3-5-12)18-19-21-22(20-18)9-8-17(25)26/h1-7,11H,8-10H2,(H,23,24)(H,25,26)/b7-6+. The van der Waals surface area contributed by atoms with Crippen molar-refractivity contribution in [3.63, 3.8) is 0 Å². The minimum Gasteiger partial charge on any atom is -0.481 e. The molecule has 2 N–H and O–H groups in total. The van der Waals surface area contributed by atoms with Crippen LogP contribution in [0.25, 0.3) is 17.5 Å². The predicted octanol–water partition coefficient (Wildman–Crippen LogP) is 2.56. The normalized spacial score (nSPS) is 11.1. The Hall–Kier alpha value is -3.33. The summed E-state index contributed by atoms with van der Waals surface area (Å²) in [4.78, 5) is 24.5. The predicted molar refractivity (Wildman–Crippen MR) is 99.3 cm³/mol. The van der Waals surface area contributed by atoms with Gasteiger partial charge in [0.05, 0.1) is 13.0 Å². The van der Waals surface area contributed by atoms with E-state index in [-0.39, 0.29) is 13.0 Å². The number of carboxylic acid groups (broad SMARTS) is 2. The van der Waals surface area contributed by atoms with Crippen molar-refractivity contribution >= 4 is 29.4 Å². The number of thiophene rings is 1. The summed E-state index contributed by atoms with van der Waals surface area (Å²) < 4.78 is 0. The van der Waals surface area contributed by atoms with Crippen LogP contribution in [0.5, 0.6) is 0 Å². The van der Waals surface area contributed by atoms with Crippen molar-refractivity contribution in [3.8, 4) is 11.4 Å². The van der Waals surface area contributed by atoms with Gasteiger partial charge in [-0.05, 0) is 22.9 Å². The molecule has 0 aliphatic rings. The molecule has 0 atom stereocenters. The van der Waals surface area contributed by atoms with E-state index in [2.05, 4.69) is 15.4 Å². The van der Waals surface area contributed by atoms with Crippen LogP contribution in [0, 0.1) is 0 Å². The Kier molecular flexibility index (Phi) is 5.72. The van der Waals surface area contributed by atoms with E-state index in [0.29, 0.717) is 12.2 Å². The smallest absolute Gasteiger partial charge is 0.328 e. The lowest BCUT2D eigenvalue weighted by molar-refractivity contribution is -0.137. The molecule has 0 unspecified atom stereocenters. The first-order chi connectivity index (χ1) is 13.0. The summed E-state index contributed by atoms with van der Waals surface area (Å²) in [5.41, 5.74) is 1.86. The van der Waals surface area contributed by atoms with Crippen LogP contribution < -0.4 is 0 Å². The Bertz CT molecular complexity index is 978. The molecular weight excluding hydrogens is 368 g/mol. The van der Waals surface area contributed by atoms with Crippen molar-refractivity contribution in [2.45, 2.75) is 19.4 Å². The van der Waals surface area contributed by atoms with Crippen LogP contribution in [0.1, 0.15) is 21.7 Å². The molecule has 0 aliphatic heterocycles. The van der Waals surface area contributed by atoms with Gasteiger partial charge in [0.1, 0.15) is 0 Å². The first-order valence-corrected chi connectivity index (χ1v) is 8.90. The molecule has 3 rings (SSSR count). The fourth-order valence-electron chi connectivity index (χ4n) is 2.43. The SMILES string of the molecule is O=C(O)/C=C/c1cc(-c2nnn(CCC(=O)O)n2)c(Cc2ccccc2)s1. The number of aliphatic carboxylic acids is 2. The van der Waals surface area contributed by atoms with Gasteiger partial charge in [-0.15, -0.1) is 21.5 Å². The van der Waals surface area contributed by atoms with Crippen molar-refractivity contribution in [3.05, 3.63) is 57.8 Å². The lowest BCUT2D eigenvalue weighted by Gasteiger charge is -2.01. The fraction of sp³-hybridized carbons (Fsp3) is 0.167. The second kappa shape index (κ2) is 8.37. The molecular formula is C18H16N4O4S. The van der Waals surface area contributed by atoms with Crippen LogP contribution in [0.2, 0.25) is 0 Å². The van der Waals surface area contributed by atoms with Gasteiger partial charge in [0.2, 0.25) is 5.82 Å². The largest absolute Gasteiger partial charge is 0.481 e. The number of aromatic nitrogens is 4. The van der Waals surface area contributed by atoms with Gasteiger partial charge in [-0.2, -0.15) is 4.80 Å². The zero-order chi connectivity index (χ0) is 19.2. The second-order valence-electron chi connectivity index (χ2n) is 5.67. The second-order valence-corrected chi connectivity index (χ2v) is 6.84. The van der Waals surface area contributed by atoms with E-state index >= 15 is 0 Å². The molecule has 0 fully saturated rings. The van der Waals surface area contributed by atoms with Crippen LogP contribution in [0.15, 0.2) is 42.5 Å². The van der Waals surface area contributed by atoms with E-state index in [1.54, 1.807) is 0 Å². The van der Waals surface area contributed by atoms with E-state index in [0.717, 1.165) is 27.0 Å². The molecule has 0 aliphatic carbocycles. The molecule has 27 heavy (non-hydrogen) atoms. The molecule has 0 spiro atoms.